The molecule has 0 bridgehead atoms. The average Bonchev–Trinajstić information content (AvgIpc) is 2.29. The normalized spacial score (nSPS) is 9.29. The summed E-state index contributed by atoms with van der Waals surface area (Å²) < 4.78 is 0. The molecule has 0 aliphatic heterocycles. The van der Waals surface area contributed by atoms with Crippen molar-refractivity contribution in [2.75, 3.05) is 0 Å². The highest BCUT2D eigenvalue weighted by atomic mass is 32.1. The average molecular weight is 268 g/mol. The van der Waals surface area contributed by atoms with E-state index in [-0.39, 0.29) is 17.2 Å². The molecule has 0 aromatic heterocycles. The molecule has 2 rings (SSSR count). The van der Waals surface area contributed by atoms with Gasteiger partial charge in [0.15, 0.2) is 0 Å². The summed E-state index contributed by atoms with van der Waals surface area (Å²) in [4.78, 5) is 1.00. The van der Waals surface area contributed by atoms with E-state index in [2.05, 4.69) is 25.3 Å². The van der Waals surface area contributed by atoms with E-state index in [1.165, 1.54) is 18.2 Å². The van der Waals surface area contributed by atoms with Gasteiger partial charge in [0.1, 0.15) is 17.2 Å². The van der Waals surface area contributed by atoms with Crippen LogP contribution in [0.15, 0.2) is 52.3 Å². The van der Waals surface area contributed by atoms with Gasteiger partial charge in [0.2, 0.25) is 0 Å². The molecule has 0 saturated carbocycles. The Kier molecular flexibility index (Phi) is 5.06. The van der Waals surface area contributed by atoms with Crippen LogP contribution in [0.1, 0.15) is 0 Å². The SMILES string of the molecule is Oc1ccc(O)c(S)c1.Oc1ccccc1S. The molecule has 5 heteroatoms. The van der Waals surface area contributed by atoms with Crippen LogP contribution in [0.3, 0.4) is 0 Å². The molecule has 0 spiro atoms. The van der Waals surface area contributed by atoms with Crippen molar-refractivity contribution in [3.63, 3.8) is 0 Å². The molecule has 17 heavy (non-hydrogen) atoms. The van der Waals surface area contributed by atoms with Gasteiger partial charge in [-0.05, 0) is 30.3 Å². The van der Waals surface area contributed by atoms with Gasteiger partial charge in [-0.1, -0.05) is 12.1 Å². The molecule has 90 valence electrons. The van der Waals surface area contributed by atoms with Crippen molar-refractivity contribution in [3.8, 4) is 17.2 Å². The van der Waals surface area contributed by atoms with E-state index >= 15 is 0 Å². The summed E-state index contributed by atoms with van der Waals surface area (Å²) in [5.41, 5.74) is 0. The Morgan fingerprint density at radius 2 is 1.29 bits per heavy atom. The van der Waals surface area contributed by atoms with E-state index in [0.717, 1.165) is 0 Å². The third-order valence-electron chi connectivity index (χ3n) is 1.84. The fourth-order valence-electron chi connectivity index (χ4n) is 0.976. The number of phenolic OH excluding ortho intramolecular Hbond substituents is 3. The molecule has 0 saturated heterocycles. The first-order chi connectivity index (χ1) is 8.00. The van der Waals surface area contributed by atoms with E-state index in [1.54, 1.807) is 18.2 Å². The van der Waals surface area contributed by atoms with Crippen molar-refractivity contribution < 1.29 is 15.3 Å². The molecular formula is C12H12O3S2. The second-order valence-corrected chi connectivity index (χ2v) is 4.13. The molecule has 0 aliphatic carbocycles. The monoisotopic (exact) mass is 268 g/mol. The molecule has 2 aromatic carbocycles. The molecular weight excluding hydrogens is 256 g/mol. The Morgan fingerprint density at radius 3 is 1.71 bits per heavy atom. The van der Waals surface area contributed by atoms with Crippen LogP contribution in [0.5, 0.6) is 17.2 Å². The van der Waals surface area contributed by atoms with Gasteiger partial charge >= 0.3 is 0 Å². The zero-order chi connectivity index (χ0) is 12.8. The number of hydrogen-bond donors (Lipinski definition) is 5. The first kappa shape index (κ1) is 13.6. The third kappa shape index (κ3) is 4.50. The van der Waals surface area contributed by atoms with E-state index in [4.69, 9.17) is 15.3 Å². The molecule has 0 unspecified atom stereocenters. The zero-order valence-corrected chi connectivity index (χ0v) is 10.6. The second-order valence-electron chi connectivity index (χ2n) is 3.16. The maximum absolute atomic E-state index is 8.86. The zero-order valence-electron chi connectivity index (χ0n) is 8.78. The van der Waals surface area contributed by atoms with Crippen molar-refractivity contribution in [3.05, 3.63) is 42.5 Å². The highest BCUT2D eigenvalue weighted by Crippen LogP contribution is 2.24. The van der Waals surface area contributed by atoms with Gasteiger partial charge in [0.05, 0.1) is 0 Å². The largest absolute Gasteiger partial charge is 0.508 e. The van der Waals surface area contributed by atoms with Crippen LogP contribution in [-0.2, 0) is 0 Å². The Labute approximate surface area is 110 Å². The number of para-hydroxylation sites is 1. The molecule has 0 amide bonds. The quantitative estimate of drug-likeness (QED) is 0.377. The van der Waals surface area contributed by atoms with Gasteiger partial charge in [-0.2, -0.15) is 0 Å². The standard InChI is InChI=1S/C6H6O2S.C6H6OS/c7-4-1-2-5(8)6(9)3-4;7-5-3-1-2-4-6(5)8/h1-3,7-9H;1-4,7-8H. The summed E-state index contributed by atoms with van der Waals surface area (Å²) in [5.74, 6) is 0.421. The Bertz CT molecular complexity index is 480. The van der Waals surface area contributed by atoms with Gasteiger partial charge in [-0.25, -0.2) is 0 Å². The lowest BCUT2D eigenvalue weighted by Crippen LogP contribution is -1.67. The number of phenols is 3. The maximum atomic E-state index is 8.86. The second kappa shape index (κ2) is 6.32. The first-order valence-corrected chi connectivity index (χ1v) is 5.58. The number of rotatable bonds is 0. The smallest absolute Gasteiger partial charge is 0.129 e. The fraction of sp³-hybridized carbons (Fsp3) is 0. The highest BCUT2D eigenvalue weighted by molar-refractivity contribution is 7.80. The number of aromatic hydroxyl groups is 3. The van der Waals surface area contributed by atoms with E-state index in [1.807, 2.05) is 6.07 Å². The van der Waals surface area contributed by atoms with Crippen molar-refractivity contribution >= 4 is 25.3 Å². The predicted octanol–water partition coefficient (Wildman–Crippen LogP) is 3.07. The molecule has 0 radical (unpaired) electrons. The molecule has 3 N–H and O–H groups in total. The van der Waals surface area contributed by atoms with Gasteiger partial charge in [-0.15, -0.1) is 25.3 Å². The summed E-state index contributed by atoms with van der Waals surface area (Å²) in [6.45, 7) is 0. The van der Waals surface area contributed by atoms with Crippen molar-refractivity contribution in [2.45, 2.75) is 9.79 Å². The fourth-order valence-corrected chi connectivity index (χ4v) is 1.34. The Hall–Kier alpha value is -1.46. The highest BCUT2D eigenvalue weighted by Gasteiger charge is 1.94. The van der Waals surface area contributed by atoms with Gasteiger partial charge < -0.3 is 15.3 Å². The third-order valence-corrected chi connectivity index (χ3v) is 2.58. The predicted molar refractivity (Wildman–Crippen MR) is 72.4 cm³/mol. The van der Waals surface area contributed by atoms with Crippen LogP contribution in [0.4, 0.5) is 0 Å². The molecule has 0 fully saturated rings. The molecule has 0 heterocycles. The summed E-state index contributed by atoms with van der Waals surface area (Å²) in [6, 6.07) is 11.1. The number of thiol groups is 2. The minimum atomic E-state index is 0.0798. The Balaban J connectivity index is 0.000000171. The summed E-state index contributed by atoms with van der Waals surface area (Å²) in [5, 5.41) is 26.5. The lowest BCUT2D eigenvalue weighted by atomic mass is 10.3. The Morgan fingerprint density at radius 1 is 0.706 bits per heavy atom. The van der Waals surface area contributed by atoms with E-state index in [9.17, 15) is 0 Å². The van der Waals surface area contributed by atoms with Crippen LogP contribution in [0, 0.1) is 0 Å². The summed E-state index contributed by atoms with van der Waals surface area (Å²) >= 11 is 7.81. The van der Waals surface area contributed by atoms with Crippen LogP contribution in [0.2, 0.25) is 0 Å². The van der Waals surface area contributed by atoms with E-state index in [0.29, 0.717) is 9.79 Å². The summed E-state index contributed by atoms with van der Waals surface area (Å²) in [7, 11) is 0. The number of hydrogen-bond acceptors (Lipinski definition) is 5. The minimum Gasteiger partial charge on any atom is -0.508 e. The molecule has 3 nitrogen and oxygen atoms in total. The van der Waals surface area contributed by atoms with Crippen LogP contribution in [0.25, 0.3) is 0 Å². The minimum absolute atomic E-state index is 0.0798. The van der Waals surface area contributed by atoms with Crippen LogP contribution < -0.4 is 0 Å². The van der Waals surface area contributed by atoms with Crippen LogP contribution >= 0.6 is 25.3 Å². The summed E-state index contributed by atoms with van der Waals surface area (Å²) in [6.07, 6.45) is 0. The van der Waals surface area contributed by atoms with Crippen molar-refractivity contribution in [1.82, 2.24) is 0 Å². The van der Waals surface area contributed by atoms with Gasteiger partial charge in [0.25, 0.3) is 0 Å². The maximum Gasteiger partial charge on any atom is 0.129 e. The van der Waals surface area contributed by atoms with E-state index < -0.39 is 0 Å². The van der Waals surface area contributed by atoms with Crippen molar-refractivity contribution in [2.24, 2.45) is 0 Å². The van der Waals surface area contributed by atoms with Gasteiger partial charge in [-0.3, -0.25) is 0 Å². The number of benzene rings is 2. The molecule has 0 atom stereocenters. The lowest BCUT2D eigenvalue weighted by Gasteiger charge is -1.95. The molecule has 0 aliphatic rings. The van der Waals surface area contributed by atoms with Crippen molar-refractivity contribution in [1.29, 1.82) is 0 Å². The molecule has 2 aromatic rings. The lowest BCUT2D eigenvalue weighted by molar-refractivity contribution is 0.449. The van der Waals surface area contributed by atoms with Gasteiger partial charge in [0, 0.05) is 9.79 Å². The first-order valence-electron chi connectivity index (χ1n) is 4.68. The van der Waals surface area contributed by atoms with Crippen LogP contribution in [-0.4, -0.2) is 15.3 Å². The topological polar surface area (TPSA) is 60.7 Å².